The molecule has 105 valence electrons. The summed E-state index contributed by atoms with van der Waals surface area (Å²) in [4.78, 5) is 14.8. The average molecular weight is 339 g/mol. The van der Waals surface area contributed by atoms with Crippen molar-refractivity contribution in [3.8, 4) is 0 Å². The second-order valence-electron chi connectivity index (χ2n) is 5.48. The number of carbonyl (C=O) groups excluding carboxylic acids is 1. The molecule has 1 radical (unpaired) electrons. The van der Waals surface area contributed by atoms with Gasteiger partial charge >= 0.3 is 0 Å². The smallest absolute Gasteiger partial charge is 0.0693 e. The predicted molar refractivity (Wildman–Crippen MR) is 69.5 cm³/mol. The molecule has 0 unspecified atom stereocenters. The van der Waals surface area contributed by atoms with Gasteiger partial charge in [0.1, 0.15) is 0 Å². The second kappa shape index (κ2) is 7.87. The van der Waals surface area contributed by atoms with Gasteiger partial charge in [-0.3, -0.25) is 4.90 Å². The van der Waals surface area contributed by atoms with E-state index in [4.69, 9.17) is 11.3 Å². The Balaban J connectivity index is 0.00000180. The Morgan fingerprint density at radius 1 is 1.37 bits per heavy atom. The monoisotopic (exact) mass is 339 g/mol. The van der Waals surface area contributed by atoms with E-state index >= 15 is 0 Å². The van der Waals surface area contributed by atoms with Gasteiger partial charge in [-0.25, -0.2) is 0 Å². The van der Waals surface area contributed by atoms with Crippen LogP contribution in [0.1, 0.15) is 32.6 Å². The van der Waals surface area contributed by atoms with Gasteiger partial charge < -0.3 is 27.2 Å². The molecule has 0 aromatic heterocycles. The van der Waals surface area contributed by atoms with E-state index in [2.05, 4.69) is 11.8 Å². The number of hydrogen-bond donors (Lipinski definition) is 0. The largest absolute Gasteiger partial charge is 0.602 e. The number of amides is 1. The van der Waals surface area contributed by atoms with Crippen molar-refractivity contribution in [2.24, 2.45) is 0 Å². The fourth-order valence-corrected chi connectivity index (χ4v) is 3.04. The Kier molecular flexibility index (Phi) is 7.16. The standard InChI is InChI=1S/C14H22N2O2.Y/c1-3-15(12-17)13-4-8-16(9-5-13)14(2)6-10-18-11-7-14;/h1,3,13H,4-11H2,2H3;/q-2;. The Morgan fingerprint density at radius 2 is 1.95 bits per heavy atom. The molecule has 0 saturated carbocycles. The molecule has 0 bridgehead atoms. The van der Waals surface area contributed by atoms with Crippen LogP contribution in [0.2, 0.25) is 0 Å². The average Bonchev–Trinajstić information content (AvgIpc) is 2.42. The van der Waals surface area contributed by atoms with Crippen LogP contribution >= 0.6 is 0 Å². The molecule has 5 heteroatoms. The summed E-state index contributed by atoms with van der Waals surface area (Å²) in [6, 6.07) is 0.215. The van der Waals surface area contributed by atoms with Crippen LogP contribution in [0, 0.1) is 6.58 Å². The van der Waals surface area contributed by atoms with Gasteiger partial charge in [-0.15, -0.1) is 0 Å². The number of ether oxygens (including phenoxy) is 1. The van der Waals surface area contributed by atoms with E-state index in [-0.39, 0.29) is 44.3 Å². The molecule has 2 saturated heterocycles. The molecule has 0 aromatic rings. The van der Waals surface area contributed by atoms with Crippen molar-refractivity contribution in [1.29, 1.82) is 0 Å². The molecule has 0 aromatic carbocycles. The third-order valence-electron chi connectivity index (χ3n) is 4.46. The van der Waals surface area contributed by atoms with Crippen molar-refractivity contribution in [3.05, 3.63) is 12.8 Å². The first-order valence-electron chi connectivity index (χ1n) is 6.73. The van der Waals surface area contributed by atoms with Crippen LogP contribution in [-0.2, 0) is 42.2 Å². The van der Waals surface area contributed by atoms with Crippen LogP contribution in [0.15, 0.2) is 6.20 Å². The van der Waals surface area contributed by atoms with Crippen LogP contribution in [0.5, 0.6) is 0 Å². The van der Waals surface area contributed by atoms with Gasteiger partial charge in [0.25, 0.3) is 0 Å². The normalized spacial score (nSPS) is 24.3. The zero-order chi connectivity index (χ0) is 13.0. The topological polar surface area (TPSA) is 32.8 Å². The molecule has 0 N–H and O–H groups in total. The van der Waals surface area contributed by atoms with Gasteiger partial charge in [-0.2, -0.15) is 0 Å². The van der Waals surface area contributed by atoms with E-state index in [0.29, 0.717) is 0 Å². The number of rotatable bonds is 4. The molecule has 1 amide bonds. The maximum absolute atomic E-state index is 10.7. The Morgan fingerprint density at radius 3 is 2.42 bits per heavy atom. The third kappa shape index (κ3) is 4.10. The van der Waals surface area contributed by atoms with Gasteiger partial charge in [-0.1, -0.05) is 0 Å². The van der Waals surface area contributed by atoms with Crippen molar-refractivity contribution >= 4 is 6.41 Å². The van der Waals surface area contributed by atoms with Gasteiger partial charge in [0.2, 0.25) is 0 Å². The summed E-state index contributed by atoms with van der Waals surface area (Å²) in [5.41, 5.74) is 0.269. The molecule has 4 nitrogen and oxygen atoms in total. The molecule has 2 fully saturated rings. The van der Waals surface area contributed by atoms with Crippen LogP contribution < -0.4 is 0 Å². The van der Waals surface area contributed by atoms with E-state index in [0.717, 1.165) is 52.0 Å². The van der Waals surface area contributed by atoms with E-state index < -0.39 is 0 Å². The summed E-state index contributed by atoms with van der Waals surface area (Å²) in [6.07, 6.45) is 7.37. The molecule has 2 aliphatic heterocycles. The Bertz CT molecular complexity index is 290. The van der Waals surface area contributed by atoms with Gasteiger partial charge in [0, 0.05) is 70.6 Å². The molecular weight excluding hydrogens is 317 g/mol. The Labute approximate surface area is 141 Å². The predicted octanol–water partition coefficient (Wildman–Crippen LogP) is 1.33. The zero-order valence-corrected chi connectivity index (χ0v) is 14.5. The third-order valence-corrected chi connectivity index (χ3v) is 4.46. The van der Waals surface area contributed by atoms with Crippen LogP contribution in [0.25, 0.3) is 0 Å². The van der Waals surface area contributed by atoms with Gasteiger partial charge in [-0.05, 0) is 32.6 Å². The molecule has 0 spiro atoms. The van der Waals surface area contributed by atoms with Crippen molar-refractivity contribution in [2.45, 2.75) is 44.2 Å². The summed E-state index contributed by atoms with van der Waals surface area (Å²) in [7, 11) is 0. The summed E-state index contributed by atoms with van der Waals surface area (Å²) in [5.74, 6) is 0. The second-order valence-corrected chi connectivity index (χ2v) is 5.48. The molecule has 2 heterocycles. The number of likely N-dealkylation sites (tertiary alicyclic amines) is 1. The first-order valence-corrected chi connectivity index (χ1v) is 6.73. The van der Waals surface area contributed by atoms with Gasteiger partial charge in [0.05, 0.1) is 6.41 Å². The van der Waals surface area contributed by atoms with Crippen LogP contribution in [-0.4, -0.2) is 54.1 Å². The van der Waals surface area contributed by atoms with E-state index in [1.54, 1.807) is 0 Å². The van der Waals surface area contributed by atoms with Crippen molar-refractivity contribution in [3.63, 3.8) is 0 Å². The molecule has 2 rings (SSSR count). The molecular formula is C14H22N2O2Y-2. The maximum Gasteiger partial charge on any atom is 0.0693 e. The van der Waals surface area contributed by atoms with Crippen LogP contribution in [0.3, 0.4) is 0 Å². The number of piperidine rings is 1. The van der Waals surface area contributed by atoms with Crippen molar-refractivity contribution < 1.29 is 42.2 Å². The maximum atomic E-state index is 10.7. The molecule has 19 heavy (non-hydrogen) atoms. The minimum absolute atomic E-state index is 0. The fraction of sp³-hybridized carbons (Fsp3) is 0.786. The van der Waals surface area contributed by atoms with Crippen LogP contribution in [0.4, 0.5) is 0 Å². The number of nitrogens with zero attached hydrogens (tertiary/aromatic N) is 2. The first-order chi connectivity index (χ1) is 8.69. The summed E-state index contributed by atoms with van der Waals surface area (Å²) >= 11 is 0. The number of hydrogen-bond acceptors (Lipinski definition) is 3. The van der Waals surface area contributed by atoms with E-state index in [9.17, 15) is 4.79 Å². The zero-order valence-electron chi connectivity index (χ0n) is 11.7. The molecule has 0 atom stereocenters. The Hall–Kier alpha value is 0.234. The van der Waals surface area contributed by atoms with E-state index in [1.165, 1.54) is 11.1 Å². The quantitative estimate of drug-likeness (QED) is 0.572. The summed E-state index contributed by atoms with van der Waals surface area (Å²) in [5, 5.41) is 0. The van der Waals surface area contributed by atoms with E-state index in [1.807, 2.05) is 6.41 Å². The fourth-order valence-electron chi connectivity index (χ4n) is 3.04. The summed E-state index contributed by atoms with van der Waals surface area (Å²) in [6.45, 7) is 11.5. The van der Waals surface area contributed by atoms with Crippen molar-refractivity contribution in [2.75, 3.05) is 26.3 Å². The van der Waals surface area contributed by atoms with Gasteiger partial charge in [0.15, 0.2) is 0 Å². The first kappa shape index (κ1) is 17.3. The molecule has 2 aliphatic rings. The molecule has 0 aliphatic carbocycles. The minimum atomic E-state index is 0. The minimum Gasteiger partial charge on any atom is -0.602 e. The van der Waals surface area contributed by atoms with Crippen molar-refractivity contribution in [1.82, 2.24) is 9.80 Å². The summed E-state index contributed by atoms with van der Waals surface area (Å²) < 4.78 is 5.44. The SMILES string of the molecule is [CH-]=CN([C-]=O)C1CCN(C2(C)CCOCC2)CC1.[Y].